The van der Waals surface area contributed by atoms with E-state index in [9.17, 15) is 18.4 Å². The van der Waals surface area contributed by atoms with Crippen molar-refractivity contribution in [3.63, 3.8) is 0 Å². The highest BCUT2D eigenvalue weighted by molar-refractivity contribution is 9.10. The lowest BCUT2D eigenvalue weighted by Gasteiger charge is -2.16. The van der Waals surface area contributed by atoms with Crippen molar-refractivity contribution in [3.8, 4) is 0 Å². The SMILES string of the molecule is NC(=O)[C@H](Cc1cccnc1Br)NC(=O)Cc1ccc(F)cc1F. The largest absolute Gasteiger partial charge is 0.368 e. The first-order valence-corrected chi connectivity index (χ1v) is 7.78. The van der Waals surface area contributed by atoms with Crippen molar-refractivity contribution in [2.45, 2.75) is 18.9 Å². The van der Waals surface area contributed by atoms with Crippen LogP contribution in [0.15, 0.2) is 41.1 Å². The van der Waals surface area contributed by atoms with Crippen molar-refractivity contribution in [3.05, 3.63) is 63.9 Å². The normalized spacial score (nSPS) is 11.8. The number of halogens is 3. The number of carbonyl (C=O) groups excluding carboxylic acids is 2. The third-order valence-corrected chi connectivity index (χ3v) is 4.02. The van der Waals surface area contributed by atoms with Gasteiger partial charge in [-0.3, -0.25) is 9.59 Å². The standard InChI is InChI=1S/C16H14BrF2N3O2/c17-15-10(2-1-5-21-15)6-13(16(20)24)22-14(23)7-9-3-4-11(18)8-12(9)19/h1-5,8,13H,6-7H2,(H2,20,24)(H,22,23)/t13-/m0/s1. The van der Waals surface area contributed by atoms with Gasteiger partial charge in [-0.25, -0.2) is 13.8 Å². The Hall–Kier alpha value is -2.35. The summed E-state index contributed by atoms with van der Waals surface area (Å²) in [6.45, 7) is 0. The van der Waals surface area contributed by atoms with Crippen LogP contribution in [0.2, 0.25) is 0 Å². The summed E-state index contributed by atoms with van der Waals surface area (Å²) in [6.07, 6.45) is 1.38. The van der Waals surface area contributed by atoms with Gasteiger partial charge in [0, 0.05) is 18.7 Å². The molecule has 24 heavy (non-hydrogen) atoms. The summed E-state index contributed by atoms with van der Waals surface area (Å²) in [4.78, 5) is 27.6. The van der Waals surface area contributed by atoms with E-state index in [1.165, 1.54) is 6.07 Å². The van der Waals surface area contributed by atoms with Gasteiger partial charge in [0.2, 0.25) is 11.8 Å². The van der Waals surface area contributed by atoms with Gasteiger partial charge in [0.05, 0.1) is 6.42 Å². The molecule has 1 heterocycles. The first kappa shape index (κ1) is 18.0. The topological polar surface area (TPSA) is 85.1 Å². The van der Waals surface area contributed by atoms with Crippen molar-refractivity contribution in [1.29, 1.82) is 0 Å². The molecular formula is C16H14BrF2N3O2. The Labute approximate surface area is 145 Å². The Morgan fingerprint density at radius 1 is 1.25 bits per heavy atom. The molecule has 8 heteroatoms. The van der Waals surface area contributed by atoms with Gasteiger partial charge in [-0.1, -0.05) is 12.1 Å². The molecule has 0 unspecified atom stereocenters. The van der Waals surface area contributed by atoms with Gasteiger partial charge < -0.3 is 11.1 Å². The number of primary amides is 1. The number of hydrogen-bond acceptors (Lipinski definition) is 3. The fourth-order valence-corrected chi connectivity index (χ4v) is 2.51. The third kappa shape index (κ3) is 4.82. The summed E-state index contributed by atoms with van der Waals surface area (Å²) in [6, 6.07) is 5.39. The maximum absolute atomic E-state index is 13.6. The summed E-state index contributed by atoms with van der Waals surface area (Å²) < 4.78 is 27.0. The fourth-order valence-electron chi connectivity index (χ4n) is 2.10. The molecule has 1 aromatic heterocycles. The molecule has 2 rings (SSSR count). The average Bonchev–Trinajstić information content (AvgIpc) is 2.51. The molecular weight excluding hydrogens is 384 g/mol. The van der Waals surface area contributed by atoms with Crippen molar-refractivity contribution < 1.29 is 18.4 Å². The summed E-state index contributed by atoms with van der Waals surface area (Å²) in [5.74, 6) is -2.87. The first-order chi connectivity index (χ1) is 11.4. The van der Waals surface area contributed by atoms with E-state index in [0.29, 0.717) is 16.2 Å². The van der Waals surface area contributed by atoms with Gasteiger partial charge in [0.15, 0.2) is 0 Å². The van der Waals surface area contributed by atoms with Gasteiger partial charge in [-0.15, -0.1) is 0 Å². The second-order valence-corrected chi connectivity index (χ2v) is 5.84. The lowest BCUT2D eigenvalue weighted by atomic mass is 10.1. The van der Waals surface area contributed by atoms with Crippen LogP contribution in [0.5, 0.6) is 0 Å². The predicted molar refractivity (Wildman–Crippen MR) is 86.8 cm³/mol. The van der Waals surface area contributed by atoms with E-state index in [1.807, 2.05) is 0 Å². The second kappa shape index (κ2) is 7.96. The summed E-state index contributed by atoms with van der Waals surface area (Å²) >= 11 is 3.25. The summed E-state index contributed by atoms with van der Waals surface area (Å²) in [5, 5.41) is 2.46. The van der Waals surface area contributed by atoms with Crippen LogP contribution in [-0.2, 0) is 22.4 Å². The molecule has 1 atom stereocenters. The number of aromatic nitrogens is 1. The number of pyridine rings is 1. The molecule has 0 aliphatic rings. The zero-order chi connectivity index (χ0) is 17.7. The predicted octanol–water partition coefficient (Wildman–Crippen LogP) is 1.88. The van der Waals surface area contributed by atoms with Crippen LogP contribution in [0.3, 0.4) is 0 Å². The van der Waals surface area contributed by atoms with E-state index in [2.05, 4.69) is 26.2 Å². The number of carbonyl (C=O) groups is 2. The van der Waals surface area contributed by atoms with Gasteiger partial charge in [0.1, 0.15) is 22.3 Å². The molecule has 126 valence electrons. The maximum atomic E-state index is 13.6. The van der Waals surface area contributed by atoms with E-state index in [0.717, 1.165) is 6.07 Å². The molecule has 0 spiro atoms. The fraction of sp³-hybridized carbons (Fsp3) is 0.188. The minimum Gasteiger partial charge on any atom is -0.368 e. The Morgan fingerprint density at radius 3 is 2.62 bits per heavy atom. The van der Waals surface area contributed by atoms with Crippen molar-refractivity contribution in [1.82, 2.24) is 10.3 Å². The Morgan fingerprint density at radius 2 is 2.00 bits per heavy atom. The molecule has 0 aliphatic heterocycles. The highest BCUT2D eigenvalue weighted by Gasteiger charge is 2.20. The Bertz CT molecular complexity index is 771. The van der Waals surface area contributed by atoms with Crippen molar-refractivity contribution >= 4 is 27.7 Å². The number of amides is 2. The average molecular weight is 398 g/mol. The Balaban J connectivity index is 2.06. The summed E-state index contributed by atoms with van der Waals surface area (Å²) in [7, 11) is 0. The van der Waals surface area contributed by atoms with Gasteiger partial charge in [-0.2, -0.15) is 0 Å². The first-order valence-electron chi connectivity index (χ1n) is 6.99. The third-order valence-electron chi connectivity index (χ3n) is 3.31. The number of rotatable bonds is 6. The van der Waals surface area contributed by atoms with Gasteiger partial charge >= 0.3 is 0 Å². The quantitative estimate of drug-likeness (QED) is 0.729. The highest BCUT2D eigenvalue weighted by Crippen LogP contribution is 2.15. The van der Waals surface area contributed by atoms with Crippen LogP contribution in [0.1, 0.15) is 11.1 Å². The van der Waals surface area contributed by atoms with Crippen molar-refractivity contribution in [2.24, 2.45) is 5.73 Å². The molecule has 0 saturated carbocycles. The maximum Gasteiger partial charge on any atom is 0.240 e. The zero-order valence-electron chi connectivity index (χ0n) is 12.4. The zero-order valence-corrected chi connectivity index (χ0v) is 14.0. The van der Waals surface area contributed by atoms with Crippen LogP contribution in [-0.4, -0.2) is 22.8 Å². The Kier molecular flexibility index (Phi) is 5.97. The van der Waals surface area contributed by atoms with E-state index in [1.54, 1.807) is 18.3 Å². The number of nitrogens with one attached hydrogen (secondary N) is 1. The molecule has 3 N–H and O–H groups in total. The number of nitrogens with two attached hydrogens (primary N) is 1. The van der Waals surface area contributed by atoms with E-state index >= 15 is 0 Å². The minimum absolute atomic E-state index is 0.0275. The molecule has 0 saturated heterocycles. The minimum atomic E-state index is -0.971. The highest BCUT2D eigenvalue weighted by atomic mass is 79.9. The lowest BCUT2D eigenvalue weighted by molar-refractivity contribution is -0.127. The molecule has 1 aromatic carbocycles. The molecule has 0 aliphatic carbocycles. The molecule has 0 bridgehead atoms. The van der Waals surface area contributed by atoms with E-state index < -0.39 is 29.5 Å². The second-order valence-electron chi connectivity index (χ2n) is 5.09. The van der Waals surface area contributed by atoms with E-state index in [-0.39, 0.29) is 18.4 Å². The molecule has 0 radical (unpaired) electrons. The van der Waals surface area contributed by atoms with Crippen LogP contribution in [0.25, 0.3) is 0 Å². The van der Waals surface area contributed by atoms with Crippen LogP contribution in [0.4, 0.5) is 8.78 Å². The number of nitrogens with zero attached hydrogens (tertiary/aromatic N) is 1. The van der Waals surface area contributed by atoms with Gasteiger partial charge in [-0.05, 0) is 39.2 Å². The monoisotopic (exact) mass is 397 g/mol. The van der Waals surface area contributed by atoms with Crippen molar-refractivity contribution in [2.75, 3.05) is 0 Å². The van der Waals surface area contributed by atoms with Crippen LogP contribution < -0.4 is 11.1 Å². The van der Waals surface area contributed by atoms with E-state index in [4.69, 9.17) is 5.73 Å². The molecule has 5 nitrogen and oxygen atoms in total. The number of benzene rings is 1. The molecule has 2 amide bonds. The smallest absolute Gasteiger partial charge is 0.240 e. The van der Waals surface area contributed by atoms with Gasteiger partial charge in [0.25, 0.3) is 0 Å². The molecule has 0 fully saturated rings. The van der Waals surface area contributed by atoms with Crippen LogP contribution >= 0.6 is 15.9 Å². The molecule has 2 aromatic rings. The number of hydrogen-bond donors (Lipinski definition) is 2. The lowest BCUT2D eigenvalue weighted by Crippen LogP contribution is -2.46. The van der Waals surface area contributed by atoms with Crippen LogP contribution in [0, 0.1) is 11.6 Å². The summed E-state index contributed by atoms with van der Waals surface area (Å²) in [5.41, 5.74) is 6.03.